The third-order valence-corrected chi connectivity index (χ3v) is 6.26. The molecule has 0 aliphatic carbocycles. The van der Waals surface area contributed by atoms with E-state index in [1.54, 1.807) is 35.9 Å². The number of aryl methyl sites for hydroxylation is 1. The zero-order chi connectivity index (χ0) is 19.5. The minimum Gasteiger partial charge on any atom is -0.325 e. The number of halogens is 1. The van der Waals surface area contributed by atoms with E-state index in [1.165, 1.54) is 17.3 Å². The molecule has 7 heteroatoms. The predicted octanol–water partition coefficient (Wildman–Crippen LogP) is 6.05. The average molecular weight is 426 g/mol. The number of nitrogens with one attached hydrogen (secondary N) is 1. The topological polar surface area (TPSA) is 54.9 Å². The normalized spacial score (nSPS) is 10.9. The van der Waals surface area contributed by atoms with E-state index in [0.29, 0.717) is 10.7 Å². The molecule has 140 valence electrons. The zero-order valence-electron chi connectivity index (χ0n) is 15.0. The molecular formula is C21H16ClN3OS2. The monoisotopic (exact) mass is 425 g/mol. The van der Waals surface area contributed by atoms with E-state index in [2.05, 4.69) is 51.9 Å². The molecule has 0 saturated heterocycles. The van der Waals surface area contributed by atoms with E-state index < -0.39 is 0 Å². The van der Waals surface area contributed by atoms with Crippen LogP contribution in [0.25, 0.3) is 21.3 Å². The maximum Gasteiger partial charge on any atom is 0.234 e. The first kappa shape index (κ1) is 18.9. The minimum absolute atomic E-state index is 0.105. The van der Waals surface area contributed by atoms with E-state index in [9.17, 15) is 4.79 Å². The quantitative estimate of drug-likeness (QED) is 0.312. The smallest absolute Gasteiger partial charge is 0.234 e. The molecule has 28 heavy (non-hydrogen) atoms. The van der Waals surface area contributed by atoms with Gasteiger partial charge in [-0.1, -0.05) is 59.3 Å². The highest BCUT2D eigenvalue weighted by Crippen LogP contribution is 2.37. The van der Waals surface area contributed by atoms with Gasteiger partial charge in [0.15, 0.2) is 0 Å². The lowest BCUT2D eigenvalue weighted by Crippen LogP contribution is -2.14. The highest BCUT2D eigenvalue weighted by atomic mass is 35.5. The summed E-state index contributed by atoms with van der Waals surface area (Å²) >= 11 is 8.96. The number of carbonyl (C=O) groups excluding carboxylic acids is 1. The van der Waals surface area contributed by atoms with Crippen molar-refractivity contribution in [2.24, 2.45) is 0 Å². The number of amides is 1. The van der Waals surface area contributed by atoms with Crippen LogP contribution >= 0.6 is 34.7 Å². The molecule has 2 aromatic heterocycles. The van der Waals surface area contributed by atoms with Gasteiger partial charge in [-0.3, -0.25) is 4.79 Å². The lowest BCUT2D eigenvalue weighted by molar-refractivity contribution is -0.113. The van der Waals surface area contributed by atoms with Gasteiger partial charge in [0.05, 0.1) is 11.1 Å². The molecule has 0 unspecified atom stereocenters. The van der Waals surface area contributed by atoms with Crippen LogP contribution in [0.2, 0.25) is 5.02 Å². The van der Waals surface area contributed by atoms with Gasteiger partial charge in [0, 0.05) is 21.7 Å². The number of rotatable bonds is 5. The van der Waals surface area contributed by atoms with Crippen LogP contribution in [-0.4, -0.2) is 21.6 Å². The second-order valence-corrected chi connectivity index (χ2v) is 8.48. The van der Waals surface area contributed by atoms with Crippen molar-refractivity contribution in [3.8, 4) is 11.1 Å². The van der Waals surface area contributed by atoms with Crippen molar-refractivity contribution < 1.29 is 4.79 Å². The number of nitrogens with zero attached hydrogens (tertiary/aromatic N) is 2. The van der Waals surface area contributed by atoms with Crippen molar-refractivity contribution in [3.63, 3.8) is 0 Å². The Balaban J connectivity index is 1.56. The molecule has 1 N–H and O–H groups in total. The second kappa shape index (κ2) is 8.31. The molecule has 0 atom stereocenters. The first-order valence-electron chi connectivity index (χ1n) is 8.57. The maximum absolute atomic E-state index is 12.3. The lowest BCUT2D eigenvalue weighted by Gasteiger charge is -2.07. The third kappa shape index (κ3) is 4.19. The summed E-state index contributed by atoms with van der Waals surface area (Å²) in [5.74, 6) is 0.146. The first-order chi connectivity index (χ1) is 13.6. The van der Waals surface area contributed by atoms with Crippen molar-refractivity contribution in [1.82, 2.24) is 9.97 Å². The molecule has 4 aromatic rings. The maximum atomic E-state index is 12.3. The number of aromatic nitrogens is 2. The molecule has 0 saturated carbocycles. The highest BCUT2D eigenvalue weighted by Gasteiger charge is 2.15. The number of anilines is 1. The van der Waals surface area contributed by atoms with Crippen LogP contribution in [0.15, 0.2) is 65.3 Å². The van der Waals surface area contributed by atoms with Gasteiger partial charge < -0.3 is 5.32 Å². The molecule has 2 aromatic carbocycles. The van der Waals surface area contributed by atoms with Crippen LogP contribution in [0.4, 0.5) is 5.69 Å². The Bertz CT molecular complexity index is 1140. The van der Waals surface area contributed by atoms with Gasteiger partial charge in [-0.15, -0.1) is 11.3 Å². The SMILES string of the molecule is Cc1ccc(-c2csc3ncnc(SCC(=O)Nc4cccc(Cl)c4)c23)cc1. The van der Waals surface area contributed by atoms with Crippen molar-refractivity contribution in [3.05, 3.63) is 70.8 Å². The Morgan fingerprint density at radius 2 is 2.00 bits per heavy atom. The number of fused-ring (bicyclic) bond motifs is 1. The third-order valence-electron chi connectivity index (χ3n) is 4.15. The Morgan fingerprint density at radius 3 is 2.79 bits per heavy atom. The molecule has 0 spiro atoms. The van der Waals surface area contributed by atoms with Crippen molar-refractivity contribution >= 4 is 56.5 Å². The van der Waals surface area contributed by atoms with Gasteiger partial charge in [-0.05, 0) is 30.7 Å². The number of hydrogen-bond acceptors (Lipinski definition) is 5. The molecule has 0 aliphatic heterocycles. The fourth-order valence-corrected chi connectivity index (χ4v) is 4.78. The molecule has 4 nitrogen and oxygen atoms in total. The van der Waals surface area contributed by atoms with E-state index in [1.807, 2.05) is 6.07 Å². The van der Waals surface area contributed by atoms with E-state index in [-0.39, 0.29) is 11.7 Å². The molecule has 2 heterocycles. The van der Waals surface area contributed by atoms with Crippen LogP contribution in [0, 0.1) is 6.92 Å². The summed E-state index contributed by atoms with van der Waals surface area (Å²) in [6, 6.07) is 15.5. The Kier molecular flexibility index (Phi) is 5.62. The highest BCUT2D eigenvalue weighted by molar-refractivity contribution is 8.00. The lowest BCUT2D eigenvalue weighted by atomic mass is 10.1. The molecule has 0 radical (unpaired) electrons. The summed E-state index contributed by atoms with van der Waals surface area (Å²) in [5, 5.41) is 7.35. The first-order valence-corrected chi connectivity index (χ1v) is 10.8. The Labute approximate surface area is 176 Å². The van der Waals surface area contributed by atoms with Gasteiger partial charge >= 0.3 is 0 Å². The molecule has 0 fully saturated rings. The molecular weight excluding hydrogens is 410 g/mol. The summed E-state index contributed by atoms with van der Waals surface area (Å²) in [4.78, 5) is 22.1. The van der Waals surface area contributed by atoms with Crippen molar-refractivity contribution in [1.29, 1.82) is 0 Å². The van der Waals surface area contributed by atoms with Crippen molar-refractivity contribution in [2.45, 2.75) is 11.9 Å². The minimum atomic E-state index is -0.105. The van der Waals surface area contributed by atoms with E-state index in [0.717, 1.165) is 26.4 Å². The van der Waals surface area contributed by atoms with Gasteiger partial charge in [0.2, 0.25) is 5.91 Å². The Hall–Kier alpha value is -2.41. The largest absolute Gasteiger partial charge is 0.325 e. The van der Waals surface area contributed by atoms with Crippen LogP contribution in [0.3, 0.4) is 0 Å². The average Bonchev–Trinajstić information content (AvgIpc) is 3.12. The number of thioether (sulfide) groups is 1. The fraction of sp³-hybridized carbons (Fsp3) is 0.0952. The van der Waals surface area contributed by atoms with Crippen LogP contribution in [-0.2, 0) is 4.79 Å². The number of benzene rings is 2. The molecule has 1 amide bonds. The van der Waals surface area contributed by atoms with Crippen LogP contribution in [0.1, 0.15) is 5.56 Å². The van der Waals surface area contributed by atoms with Gasteiger partial charge in [0.25, 0.3) is 0 Å². The van der Waals surface area contributed by atoms with Gasteiger partial charge in [-0.25, -0.2) is 9.97 Å². The van der Waals surface area contributed by atoms with E-state index in [4.69, 9.17) is 11.6 Å². The summed E-state index contributed by atoms with van der Waals surface area (Å²) in [7, 11) is 0. The summed E-state index contributed by atoms with van der Waals surface area (Å²) in [6.45, 7) is 2.07. The Morgan fingerprint density at radius 1 is 1.18 bits per heavy atom. The zero-order valence-corrected chi connectivity index (χ0v) is 17.4. The molecule has 0 aliphatic rings. The predicted molar refractivity (Wildman–Crippen MR) is 118 cm³/mol. The second-order valence-electron chi connectivity index (χ2n) is 6.22. The molecule has 4 rings (SSSR count). The summed E-state index contributed by atoms with van der Waals surface area (Å²) in [6.07, 6.45) is 1.55. The number of thiophene rings is 1. The van der Waals surface area contributed by atoms with Crippen LogP contribution in [0.5, 0.6) is 0 Å². The van der Waals surface area contributed by atoms with E-state index >= 15 is 0 Å². The fourth-order valence-electron chi connectivity index (χ4n) is 2.80. The summed E-state index contributed by atoms with van der Waals surface area (Å²) in [5.41, 5.74) is 4.11. The van der Waals surface area contributed by atoms with Crippen molar-refractivity contribution in [2.75, 3.05) is 11.1 Å². The summed E-state index contributed by atoms with van der Waals surface area (Å²) < 4.78 is 0. The van der Waals surface area contributed by atoms with Gasteiger partial charge in [0.1, 0.15) is 16.2 Å². The molecule has 0 bridgehead atoms. The standard InChI is InChI=1S/C21H16ClN3OS2/c1-13-5-7-14(8-6-13)17-10-27-20-19(17)21(24-12-23-20)28-11-18(26)25-16-4-2-3-15(22)9-16/h2-10,12H,11H2,1H3,(H,25,26). The number of hydrogen-bond donors (Lipinski definition) is 1. The van der Waals surface area contributed by atoms with Gasteiger partial charge in [-0.2, -0.15) is 0 Å². The van der Waals surface area contributed by atoms with Crippen LogP contribution < -0.4 is 5.32 Å². The number of carbonyl (C=O) groups is 1.